The molecule has 0 aliphatic carbocycles. The Balaban J connectivity index is 2.05. The summed E-state index contributed by atoms with van der Waals surface area (Å²) in [5, 5.41) is 5.27. The molecule has 2 aromatic rings. The van der Waals surface area contributed by atoms with E-state index in [0.29, 0.717) is 5.82 Å². The van der Waals surface area contributed by atoms with Crippen LogP contribution in [0.4, 0.5) is 20.3 Å². The molecule has 0 aliphatic heterocycles. The van der Waals surface area contributed by atoms with Crippen molar-refractivity contribution in [1.82, 2.24) is 9.97 Å². The van der Waals surface area contributed by atoms with Crippen molar-refractivity contribution in [2.45, 2.75) is 26.2 Å². The van der Waals surface area contributed by atoms with Crippen molar-refractivity contribution in [2.24, 2.45) is 0 Å². The van der Waals surface area contributed by atoms with Gasteiger partial charge in [0.05, 0.1) is 0 Å². The highest BCUT2D eigenvalue weighted by Crippen LogP contribution is 2.19. The zero-order chi connectivity index (χ0) is 16.7. The van der Waals surface area contributed by atoms with Crippen LogP contribution in [0.3, 0.4) is 0 Å². The fourth-order valence-electron chi connectivity index (χ4n) is 1.96. The molecule has 0 atom stereocenters. The third-order valence-corrected chi connectivity index (χ3v) is 3.19. The normalized spacial score (nSPS) is 10.4. The first-order valence-electron chi connectivity index (χ1n) is 7.43. The topological polar surface area (TPSA) is 66.9 Å². The van der Waals surface area contributed by atoms with Gasteiger partial charge in [0.1, 0.15) is 35.2 Å². The van der Waals surface area contributed by atoms with Crippen LogP contribution in [0.25, 0.3) is 0 Å². The molecule has 5 nitrogen and oxygen atoms in total. The number of nitrogens with one attached hydrogen (secondary N) is 2. The second-order valence-electron chi connectivity index (χ2n) is 4.97. The lowest BCUT2D eigenvalue weighted by atomic mass is 10.2. The molecule has 122 valence electrons. The minimum Gasteiger partial charge on any atom is -0.370 e. The van der Waals surface area contributed by atoms with E-state index in [1.165, 1.54) is 18.5 Å². The van der Waals surface area contributed by atoms with E-state index in [0.717, 1.165) is 37.9 Å². The molecule has 0 fully saturated rings. The first-order chi connectivity index (χ1) is 11.1. The van der Waals surface area contributed by atoms with E-state index in [2.05, 4.69) is 27.5 Å². The lowest BCUT2D eigenvalue weighted by Gasteiger charge is -2.08. The average molecular weight is 320 g/mol. The summed E-state index contributed by atoms with van der Waals surface area (Å²) in [7, 11) is 0. The molecule has 2 N–H and O–H groups in total. The monoisotopic (exact) mass is 320 g/mol. The fourth-order valence-corrected chi connectivity index (χ4v) is 1.96. The van der Waals surface area contributed by atoms with Gasteiger partial charge in [-0.05, 0) is 18.6 Å². The quantitative estimate of drug-likeness (QED) is 0.765. The van der Waals surface area contributed by atoms with E-state index in [-0.39, 0.29) is 5.69 Å². The number of anilines is 2. The zero-order valence-corrected chi connectivity index (χ0v) is 12.8. The zero-order valence-electron chi connectivity index (χ0n) is 12.8. The molecule has 0 saturated heterocycles. The maximum absolute atomic E-state index is 13.5. The van der Waals surface area contributed by atoms with E-state index >= 15 is 0 Å². The lowest BCUT2D eigenvalue weighted by molar-refractivity contribution is 0.102. The standard InChI is InChI=1S/C16H18F2N4O/c1-2-3-4-8-19-14-9-13(20-10-21-14)16(23)22-15-11(17)6-5-7-12(15)18/h5-7,9-10H,2-4,8H2,1H3,(H,22,23)(H,19,20,21). The van der Waals surface area contributed by atoms with E-state index < -0.39 is 23.2 Å². The molecule has 0 aliphatic rings. The first-order valence-corrected chi connectivity index (χ1v) is 7.43. The third-order valence-electron chi connectivity index (χ3n) is 3.19. The maximum Gasteiger partial charge on any atom is 0.274 e. The Hall–Kier alpha value is -2.57. The number of halogens is 2. The van der Waals surface area contributed by atoms with Gasteiger partial charge < -0.3 is 10.6 Å². The number of amides is 1. The van der Waals surface area contributed by atoms with Crippen molar-refractivity contribution >= 4 is 17.4 Å². The van der Waals surface area contributed by atoms with Crippen LogP contribution in [0.5, 0.6) is 0 Å². The highest BCUT2D eigenvalue weighted by molar-refractivity contribution is 6.03. The van der Waals surface area contributed by atoms with Crippen molar-refractivity contribution in [2.75, 3.05) is 17.2 Å². The van der Waals surface area contributed by atoms with Gasteiger partial charge in [-0.25, -0.2) is 18.7 Å². The number of aromatic nitrogens is 2. The van der Waals surface area contributed by atoms with Gasteiger partial charge >= 0.3 is 0 Å². The summed E-state index contributed by atoms with van der Waals surface area (Å²) in [5.41, 5.74) is -0.464. The Morgan fingerprint density at radius 3 is 2.61 bits per heavy atom. The minimum atomic E-state index is -0.842. The van der Waals surface area contributed by atoms with Gasteiger partial charge in [0.15, 0.2) is 0 Å². The number of unbranched alkanes of at least 4 members (excludes halogenated alkanes) is 2. The minimum absolute atomic E-state index is 0.0284. The molecule has 0 bridgehead atoms. The van der Waals surface area contributed by atoms with Crippen LogP contribution in [0, 0.1) is 11.6 Å². The number of hydrogen-bond donors (Lipinski definition) is 2. The van der Waals surface area contributed by atoms with Gasteiger partial charge in [0, 0.05) is 12.6 Å². The summed E-state index contributed by atoms with van der Waals surface area (Å²) in [5.74, 6) is -1.89. The van der Waals surface area contributed by atoms with Crippen LogP contribution in [0.15, 0.2) is 30.6 Å². The van der Waals surface area contributed by atoms with E-state index in [4.69, 9.17) is 0 Å². The van der Waals surface area contributed by atoms with Gasteiger partial charge in [-0.2, -0.15) is 0 Å². The summed E-state index contributed by atoms with van der Waals surface area (Å²) in [6.45, 7) is 2.84. The molecule has 7 heteroatoms. The summed E-state index contributed by atoms with van der Waals surface area (Å²) < 4.78 is 27.1. The van der Waals surface area contributed by atoms with Crippen molar-refractivity contribution in [3.63, 3.8) is 0 Å². The number of benzene rings is 1. The first kappa shape index (κ1) is 16.8. The van der Waals surface area contributed by atoms with Gasteiger partial charge in [-0.1, -0.05) is 25.8 Å². The van der Waals surface area contributed by atoms with Gasteiger partial charge in [0.25, 0.3) is 5.91 Å². The van der Waals surface area contributed by atoms with Crippen molar-refractivity contribution in [1.29, 1.82) is 0 Å². The summed E-state index contributed by atoms with van der Waals surface area (Å²) in [6, 6.07) is 4.81. The summed E-state index contributed by atoms with van der Waals surface area (Å²) in [4.78, 5) is 19.9. The smallest absolute Gasteiger partial charge is 0.274 e. The largest absolute Gasteiger partial charge is 0.370 e. The predicted molar refractivity (Wildman–Crippen MR) is 84.4 cm³/mol. The number of carbonyl (C=O) groups is 1. The molecule has 0 spiro atoms. The van der Waals surface area contributed by atoms with Gasteiger partial charge in [-0.15, -0.1) is 0 Å². The van der Waals surface area contributed by atoms with Crippen LogP contribution in [-0.4, -0.2) is 22.4 Å². The van der Waals surface area contributed by atoms with Crippen LogP contribution < -0.4 is 10.6 Å². The van der Waals surface area contributed by atoms with Crippen LogP contribution in [-0.2, 0) is 0 Å². The van der Waals surface area contributed by atoms with Crippen molar-refractivity contribution < 1.29 is 13.6 Å². The van der Waals surface area contributed by atoms with E-state index in [9.17, 15) is 13.6 Å². The molecule has 0 unspecified atom stereocenters. The maximum atomic E-state index is 13.5. The molecule has 1 heterocycles. The fraction of sp³-hybridized carbons (Fsp3) is 0.312. The highest BCUT2D eigenvalue weighted by Gasteiger charge is 2.14. The number of para-hydroxylation sites is 1. The van der Waals surface area contributed by atoms with Gasteiger partial charge in [-0.3, -0.25) is 4.79 Å². The molecule has 2 rings (SSSR count). The number of carbonyl (C=O) groups excluding carboxylic acids is 1. The molecule has 0 radical (unpaired) electrons. The van der Waals surface area contributed by atoms with Crippen LogP contribution in [0.2, 0.25) is 0 Å². The Bertz CT molecular complexity index is 659. The van der Waals surface area contributed by atoms with Crippen LogP contribution >= 0.6 is 0 Å². The van der Waals surface area contributed by atoms with Crippen molar-refractivity contribution in [3.8, 4) is 0 Å². The Kier molecular flexibility index (Phi) is 5.96. The molecular formula is C16H18F2N4O. The Morgan fingerprint density at radius 1 is 1.17 bits per heavy atom. The molecular weight excluding hydrogens is 302 g/mol. The van der Waals surface area contributed by atoms with Crippen molar-refractivity contribution in [3.05, 3.63) is 47.9 Å². The highest BCUT2D eigenvalue weighted by atomic mass is 19.1. The second-order valence-corrected chi connectivity index (χ2v) is 4.97. The predicted octanol–water partition coefficient (Wildman–Crippen LogP) is 3.61. The Morgan fingerprint density at radius 2 is 1.91 bits per heavy atom. The Labute approximate surface area is 133 Å². The van der Waals surface area contributed by atoms with E-state index in [1.54, 1.807) is 0 Å². The van der Waals surface area contributed by atoms with E-state index in [1.807, 2.05) is 0 Å². The van der Waals surface area contributed by atoms with Gasteiger partial charge in [0.2, 0.25) is 0 Å². The molecule has 1 amide bonds. The number of hydrogen-bond acceptors (Lipinski definition) is 4. The van der Waals surface area contributed by atoms with Crippen LogP contribution in [0.1, 0.15) is 36.7 Å². The SMILES string of the molecule is CCCCCNc1cc(C(=O)Nc2c(F)cccc2F)ncn1. The summed E-state index contributed by atoms with van der Waals surface area (Å²) >= 11 is 0. The lowest BCUT2D eigenvalue weighted by Crippen LogP contribution is -2.16. The summed E-state index contributed by atoms with van der Waals surface area (Å²) in [6.07, 6.45) is 4.42. The number of nitrogens with zero attached hydrogens (tertiary/aromatic N) is 2. The average Bonchev–Trinajstić information content (AvgIpc) is 2.55. The molecule has 0 saturated carbocycles. The number of rotatable bonds is 7. The second kappa shape index (κ2) is 8.17. The molecule has 23 heavy (non-hydrogen) atoms. The molecule has 1 aromatic carbocycles. The third kappa shape index (κ3) is 4.70. The molecule has 1 aromatic heterocycles.